The van der Waals surface area contributed by atoms with E-state index in [0.29, 0.717) is 5.41 Å². The highest BCUT2D eigenvalue weighted by Gasteiger charge is 2.27. The Morgan fingerprint density at radius 2 is 1.69 bits per heavy atom. The summed E-state index contributed by atoms with van der Waals surface area (Å²) in [6.07, 6.45) is 7.50. The molecule has 0 heteroatoms. The van der Waals surface area contributed by atoms with Crippen LogP contribution in [0.1, 0.15) is 24.5 Å². The standard InChI is InChI=1S/2C8H10/c1-7-5-3-4-6-8(7)2;1-3-5-8(4-2)6-7-8/h3-6H,1-2H3;5-7H,1,4H2,2H3. The Morgan fingerprint density at radius 3 is 1.88 bits per heavy atom. The van der Waals surface area contributed by atoms with Gasteiger partial charge in [-0.15, -0.1) is 5.73 Å². The highest BCUT2D eigenvalue weighted by molar-refractivity contribution is 5.33. The Balaban J connectivity index is 0.000000160. The Labute approximate surface area is 99.0 Å². The van der Waals surface area contributed by atoms with Crippen LogP contribution in [0.2, 0.25) is 0 Å². The molecular weight excluding hydrogens is 192 g/mol. The predicted octanol–water partition coefficient (Wildman–Crippen LogP) is 4.60. The Bertz CT molecular complexity index is 390. The molecule has 84 valence electrons. The lowest BCUT2D eigenvalue weighted by Gasteiger charge is -2.01. The van der Waals surface area contributed by atoms with Crippen molar-refractivity contribution in [2.45, 2.75) is 27.2 Å². The van der Waals surface area contributed by atoms with E-state index < -0.39 is 0 Å². The molecule has 0 bridgehead atoms. The van der Waals surface area contributed by atoms with Gasteiger partial charge < -0.3 is 0 Å². The first-order valence-electron chi connectivity index (χ1n) is 5.73. The van der Waals surface area contributed by atoms with Crippen LogP contribution >= 0.6 is 0 Å². The lowest BCUT2D eigenvalue weighted by molar-refractivity contribution is 0.693. The second-order valence-electron chi connectivity index (χ2n) is 4.23. The molecule has 0 fully saturated rings. The molecular formula is C16H20. The monoisotopic (exact) mass is 212 g/mol. The first-order valence-corrected chi connectivity index (χ1v) is 5.73. The largest absolute Gasteiger partial charge is 0.132 e. The normalized spacial score (nSPS) is 14.4. The van der Waals surface area contributed by atoms with Gasteiger partial charge in [-0.1, -0.05) is 49.9 Å². The quantitative estimate of drug-likeness (QED) is 0.496. The van der Waals surface area contributed by atoms with Gasteiger partial charge in [-0.3, -0.25) is 0 Å². The Kier molecular flexibility index (Phi) is 4.34. The van der Waals surface area contributed by atoms with Crippen LogP contribution in [0.25, 0.3) is 0 Å². The number of benzene rings is 1. The maximum absolute atomic E-state index is 3.51. The van der Waals surface area contributed by atoms with Crippen molar-refractivity contribution < 1.29 is 0 Å². The smallest absolute Gasteiger partial charge is 0.0314 e. The van der Waals surface area contributed by atoms with Gasteiger partial charge in [0.05, 0.1) is 0 Å². The second kappa shape index (κ2) is 5.53. The average molecular weight is 212 g/mol. The minimum Gasteiger partial charge on any atom is -0.132 e. The Hall–Kier alpha value is -1.52. The lowest BCUT2D eigenvalue weighted by Crippen LogP contribution is -1.91. The van der Waals surface area contributed by atoms with E-state index in [-0.39, 0.29) is 0 Å². The first-order chi connectivity index (χ1) is 7.63. The molecule has 0 aliphatic heterocycles. The van der Waals surface area contributed by atoms with Crippen LogP contribution in [0.15, 0.2) is 54.8 Å². The van der Waals surface area contributed by atoms with Gasteiger partial charge in [-0.2, -0.15) is 0 Å². The third-order valence-corrected chi connectivity index (χ3v) is 3.00. The van der Waals surface area contributed by atoms with E-state index in [1.807, 2.05) is 6.08 Å². The summed E-state index contributed by atoms with van der Waals surface area (Å²) in [6.45, 7) is 9.91. The van der Waals surface area contributed by atoms with Crippen molar-refractivity contribution in [2.24, 2.45) is 5.41 Å². The minimum absolute atomic E-state index is 0.293. The summed E-state index contributed by atoms with van der Waals surface area (Å²) in [6, 6.07) is 8.36. The molecule has 1 aromatic carbocycles. The van der Waals surface area contributed by atoms with E-state index in [1.165, 1.54) is 11.1 Å². The molecule has 0 saturated carbocycles. The molecule has 0 nitrogen and oxygen atoms in total. The number of aryl methyl sites for hydroxylation is 2. The zero-order chi connectivity index (χ0) is 12.0. The molecule has 0 radical (unpaired) electrons. The zero-order valence-electron chi connectivity index (χ0n) is 10.5. The molecule has 0 aromatic heterocycles. The fraction of sp³-hybridized carbons (Fsp3) is 0.312. The van der Waals surface area contributed by atoms with Gasteiger partial charge in [0.25, 0.3) is 0 Å². The van der Waals surface area contributed by atoms with Gasteiger partial charge in [0, 0.05) is 5.41 Å². The topological polar surface area (TPSA) is 0 Å². The van der Waals surface area contributed by atoms with E-state index in [0.717, 1.165) is 6.42 Å². The first kappa shape index (κ1) is 12.5. The summed E-state index contributed by atoms with van der Waals surface area (Å²) in [5, 5.41) is 0. The lowest BCUT2D eigenvalue weighted by atomic mass is 10.0. The molecule has 0 heterocycles. The van der Waals surface area contributed by atoms with E-state index in [1.54, 1.807) is 0 Å². The van der Waals surface area contributed by atoms with E-state index in [2.05, 4.69) is 69.5 Å². The van der Waals surface area contributed by atoms with Crippen molar-refractivity contribution in [1.82, 2.24) is 0 Å². The predicted molar refractivity (Wildman–Crippen MR) is 71.5 cm³/mol. The summed E-state index contributed by atoms with van der Waals surface area (Å²) in [5.41, 5.74) is 5.81. The third kappa shape index (κ3) is 3.56. The fourth-order valence-corrected chi connectivity index (χ4v) is 1.39. The highest BCUT2D eigenvalue weighted by atomic mass is 14.3. The van der Waals surface area contributed by atoms with Crippen molar-refractivity contribution in [1.29, 1.82) is 0 Å². The number of rotatable bonds is 2. The van der Waals surface area contributed by atoms with E-state index >= 15 is 0 Å². The van der Waals surface area contributed by atoms with Crippen LogP contribution in [0, 0.1) is 19.3 Å². The summed E-state index contributed by atoms with van der Waals surface area (Å²) >= 11 is 0. The molecule has 0 N–H and O–H groups in total. The van der Waals surface area contributed by atoms with E-state index in [4.69, 9.17) is 0 Å². The van der Waals surface area contributed by atoms with Gasteiger partial charge in [-0.25, -0.2) is 0 Å². The van der Waals surface area contributed by atoms with Crippen molar-refractivity contribution in [3.8, 4) is 0 Å². The molecule has 0 amide bonds. The van der Waals surface area contributed by atoms with Crippen molar-refractivity contribution in [3.63, 3.8) is 0 Å². The Morgan fingerprint density at radius 1 is 1.19 bits per heavy atom. The molecule has 0 saturated heterocycles. The van der Waals surface area contributed by atoms with Crippen molar-refractivity contribution in [3.05, 3.63) is 65.9 Å². The van der Waals surface area contributed by atoms with Crippen molar-refractivity contribution in [2.75, 3.05) is 0 Å². The molecule has 1 aliphatic carbocycles. The number of hydrogen-bond acceptors (Lipinski definition) is 0. The van der Waals surface area contributed by atoms with Gasteiger partial charge >= 0.3 is 0 Å². The van der Waals surface area contributed by atoms with Crippen LogP contribution < -0.4 is 0 Å². The van der Waals surface area contributed by atoms with Crippen LogP contribution in [0.4, 0.5) is 0 Å². The number of allylic oxidation sites excluding steroid dienone is 3. The van der Waals surface area contributed by atoms with E-state index in [9.17, 15) is 0 Å². The molecule has 2 rings (SSSR count). The minimum atomic E-state index is 0.293. The SMILES string of the molecule is C=C=CC1(CC)C=C1.Cc1ccccc1C. The van der Waals surface area contributed by atoms with Gasteiger partial charge in [-0.05, 0) is 37.5 Å². The maximum atomic E-state index is 3.51. The van der Waals surface area contributed by atoms with Gasteiger partial charge in [0.15, 0.2) is 0 Å². The van der Waals surface area contributed by atoms with Gasteiger partial charge in [0.1, 0.15) is 0 Å². The summed E-state index contributed by atoms with van der Waals surface area (Å²) < 4.78 is 0. The summed E-state index contributed by atoms with van der Waals surface area (Å²) in [5.74, 6) is 0. The highest BCUT2D eigenvalue weighted by Crippen LogP contribution is 2.38. The summed E-state index contributed by atoms with van der Waals surface area (Å²) in [7, 11) is 0. The zero-order valence-corrected chi connectivity index (χ0v) is 10.5. The molecule has 0 unspecified atom stereocenters. The summed E-state index contributed by atoms with van der Waals surface area (Å²) in [4.78, 5) is 0. The number of hydrogen-bond donors (Lipinski definition) is 0. The van der Waals surface area contributed by atoms with Crippen LogP contribution in [-0.4, -0.2) is 0 Å². The maximum Gasteiger partial charge on any atom is 0.0314 e. The molecule has 16 heavy (non-hydrogen) atoms. The second-order valence-corrected chi connectivity index (χ2v) is 4.23. The van der Waals surface area contributed by atoms with Crippen molar-refractivity contribution >= 4 is 0 Å². The average Bonchev–Trinajstić information content (AvgIpc) is 3.05. The molecule has 1 aliphatic rings. The fourth-order valence-electron chi connectivity index (χ4n) is 1.39. The molecule has 1 aromatic rings. The van der Waals surface area contributed by atoms with Crippen LogP contribution in [-0.2, 0) is 0 Å². The van der Waals surface area contributed by atoms with Gasteiger partial charge in [0.2, 0.25) is 0 Å². The molecule has 0 spiro atoms. The van der Waals surface area contributed by atoms with Crippen LogP contribution in [0.3, 0.4) is 0 Å². The molecule has 0 atom stereocenters. The van der Waals surface area contributed by atoms with Crippen LogP contribution in [0.5, 0.6) is 0 Å². The third-order valence-electron chi connectivity index (χ3n) is 3.00.